The van der Waals surface area contributed by atoms with Crippen molar-refractivity contribution in [1.29, 1.82) is 0 Å². The van der Waals surface area contributed by atoms with Crippen molar-refractivity contribution in [3.05, 3.63) is 35.6 Å². The predicted octanol–water partition coefficient (Wildman–Crippen LogP) is 1.02. The van der Waals surface area contributed by atoms with Gasteiger partial charge in [0, 0.05) is 6.07 Å². The van der Waals surface area contributed by atoms with Crippen LogP contribution in [0.25, 0.3) is 0 Å². The molecule has 0 aliphatic carbocycles. The normalized spacial score (nSPS) is 10.2. The van der Waals surface area contributed by atoms with Gasteiger partial charge in [-0.25, -0.2) is 9.97 Å². The Bertz CT molecular complexity index is 522. The third-order valence-corrected chi connectivity index (χ3v) is 2.24. The molecule has 0 atom stereocenters. The number of thiocarbonyl (C=S) groups is 1. The highest BCUT2D eigenvalue weighted by Gasteiger charge is 2.02. The van der Waals surface area contributed by atoms with E-state index in [9.17, 15) is 0 Å². The zero-order chi connectivity index (χ0) is 12.3. The summed E-state index contributed by atoms with van der Waals surface area (Å²) in [5.74, 6) is 1.40. The Labute approximate surface area is 103 Å². The van der Waals surface area contributed by atoms with E-state index in [0.29, 0.717) is 18.1 Å². The molecule has 0 saturated heterocycles. The molecular weight excluding hydrogens is 238 g/mol. The first-order valence-corrected chi connectivity index (χ1v) is 5.34. The largest absolute Gasteiger partial charge is 0.388 e. The van der Waals surface area contributed by atoms with E-state index in [-0.39, 0.29) is 4.99 Å². The third-order valence-electron chi connectivity index (χ3n) is 2.03. The molecule has 0 fully saturated rings. The number of nitrogens with zero attached hydrogens (tertiary/aromatic N) is 3. The second-order valence-corrected chi connectivity index (χ2v) is 3.87. The van der Waals surface area contributed by atoms with Crippen molar-refractivity contribution in [2.45, 2.75) is 13.5 Å². The number of aryl methyl sites for hydroxylation is 1. The van der Waals surface area contributed by atoms with Crippen molar-refractivity contribution in [2.24, 2.45) is 5.73 Å². The van der Waals surface area contributed by atoms with E-state index in [1.165, 1.54) is 6.20 Å². The fourth-order valence-electron chi connectivity index (χ4n) is 1.23. The molecule has 7 heteroatoms. The number of hydrogen-bond acceptors (Lipinski definition) is 6. The van der Waals surface area contributed by atoms with Crippen molar-refractivity contribution in [1.82, 2.24) is 15.1 Å². The molecule has 0 amide bonds. The molecule has 0 saturated carbocycles. The number of anilines is 1. The Morgan fingerprint density at radius 2 is 2.29 bits per heavy atom. The van der Waals surface area contributed by atoms with Crippen LogP contribution in [0.3, 0.4) is 0 Å². The van der Waals surface area contributed by atoms with E-state index >= 15 is 0 Å². The highest BCUT2D eigenvalue weighted by Crippen LogP contribution is 2.06. The van der Waals surface area contributed by atoms with Crippen LogP contribution >= 0.6 is 12.2 Å². The van der Waals surface area contributed by atoms with Gasteiger partial charge < -0.3 is 15.6 Å². The summed E-state index contributed by atoms with van der Waals surface area (Å²) >= 11 is 4.78. The first-order chi connectivity index (χ1) is 8.15. The standard InChI is InChI=1S/C10H11N5OS/c1-6-2-7(15-16-6)3-13-9-5-12-8(4-14-9)10(11)17/h2,4-5H,3H2,1H3,(H2,11,17)(H,13,14). The Balaban J connectivity index is 1.97. The molecule has 0 aromatic carbocycles. The lowest BCUT2D eigenvalue weighted by molar-refractivity contribution is 0.391. The average molecular weight is 249 g/mol. The maximum atomic E-state index is 5.42. The van der Waals surface area contributed by atoms with E-state index in [1.54, 1.807) is 6.20 Å². The molecule has 2 rings (SSSR count). The number of aromatic nitrogens is 3. The molecule has 88 valence electrons. The van der Waals surface area contributed by atoms with Gasteiger partial charge in [0.1, 0.15) is 28.0 Å². The fraction of sp³-hybridized carbons (Fsp3) is 0.200. The molecule has 2 heterocycles. The van der Waals surface area contributed by atoms with Gasteiger partial charge in [-0.2, -0.15) is 0 Å². The van der Waals surface area contributed by atoms with Crippen molar-refractivity contribution >= 4 is 23.0 Å². The minimum atomic E-state index is 0.233. The van der Waals surface area contributed by atoms with Gasteiger partial charge in [-0.3, -0.25) is 0 Å². The summed E-state index contributed by atoms with van der Waals surface area (Å²) in [4.78, 5) is 8.42. The van der Waals surface area contributed by atoms with Crippen LogP contribution in [0.4, 0.5) is 5.82 Å². The number of rotatable bonds is 4. The van der Waals surface area contributed by atoms with Gasteiger partial charge in [0.2, 0.25) is 0 Å². The third kappa shape index (κ3) is 2.97. The summed E-state index contributed by atoms with van der Waals surface area (Å²) in [5, 5.41) is 6.91. The number of nitrogens with two attached hydrogens (primary N) is 1. The maximum Gasteiger partial charge on any atom is 0.144 e. The molecule has 0 unspecified atom stereocenters. The molecule has 2 aromatic rings. The second-order valence-electron chi connectivity index (χ2n) is 3.43. The van der Waals surface area contributed by atoms with E-state index in [4.69, 9.17) is 22.5 Å². The van der Waals surface area contributed by atoms with Crippen LogP contribution in [0.1, 0.15) is 17.1 Å². The molecule has 0 aliphatic rings. The Kier molecular flexibility index (Phi) is 3.29. The summed E-state index contributed by atoms with van der Waals surface area (Å²) in [5.41, 5.74) is 6.73. The lowest BCUT2D eigenvalue weighted by Crippen LogP contribution is -2.12. The zero-order valence-electron chi connectivity index (χ0n) is 9.17. The van der Waals surface area contributed by atoms with Crippen LogP contribution in [0.5, 0.6) is 0 Å². The summed E-state index contributed by atoms with van der Waals surface area (Å²) in [6.45, 7) is 2.37. The topological polar surface area (TPSA) is 89.9 Å². The summed E-state index contributed by atoms with van der Waals surface area (Å²) in [6, 6.07) is 1.85. The Morgan fingerprint density at radius 1 is 1.47 bits per heavy atom. The minimum absolute atomic E-state index is 0.233. The van der Waals surface area contributed by atoms with Crippen LogP contribution < -0.4 is 11.1 Å². The predicted molar refractivity (Wildman–Crippen MR) is 66.5 cm³/mol. The van der Waals surface area contributed by atoms with Gasteiger partial charge in [-0.15, -0.1) is 0 Å². The van der Waals surface area contributed by atoms with Crippen LogP contribution in [0.2, 0.25) is 0 Å². The van der Waals surface area contributed by atoms with Crippen LogP contribution in [0, 0.1) is 6.92 Å². The first-order valence-electron chi connectivity index (χ1n) is 4.93. The molecule has 0 radical (unpaired) electrons. The average Bonchev–Trinajstić information content (AvgIpc) is 2.73. The SMILES string of the molecule is Cc1cc(CNc2cnc(C(N)=S)cn2)no1. The van der Waals surface area contributed by atoms with Crippen molar-refractivity contribution in [2.75, 3.05) is 5.32 Å². The first kappa shape index (κ1) is 11.5. The number of nitrogens with one attached hydrogen (secondary N) is 1. The number of hydrogen-bond donors (Lipinski definition) is 2. The molecule has 3 N–H and O–H groups in total. The lowest BCUT2D eigenvalue weighted by atomic mass is 10.4. The quantitative estimate of drug-likeness (QED) is 0.782. The maximum absolute atomic E-state index is 5.42. The van der Waals surface area contributed by atoms with Gasteiger partial charge in [0.15, 0.2) is 0 Å². The summed E-state index contributed by atoms with van der Waals surface area (Å²) in [7, 11) is 0. The van der Waals surface area contributed by atoms with Crippen LogP contribution in [-0.2, 0) is 6.54 Å². The van der Waals surface area contributed by atoms with Gasteiger partial charge in [-0.1, -0.05) is 17.4 Å². The van der Waals surface area contributed by atoms with Crippen molar-refractivity contribution < 1.29 is 4.52 Å². The van der Waals surface area contributed by atoms with Crippen LogP contribution in [0.15, 0.2) is 23.0 Å². The Hall–Kier alpha value is -2.02. The fourth-order valence-corrected chi connectivity index (χ4v) is 1.33. The minimum Gasteiger partial charge on any atom is -0.388 e. The van der Waals surface area contributed by atoms with Gasteiger partial charge in [0.25, 0.3) is 0 Å². The highest BCUT2D eigenvalue weighted by molar-refractivity contribution is 7.80. The second kappa shape index (κ2) is 4.88. The van der Waals surface area contributed by atoms with E-state index in [2.05, 4.69) is 20.4 Å². The van der Waals surface area contributed by atoms with Gasteiger partial charge in [0.05, 0.1) is 18.9 Å². The summed E-state index contributed by atoms with van der Waals surface area (Å²) < 4.78 is 4.94. The molecule has 17 heavy (non-hydrogen) atoms. The van der Waals surface area contributed by atoms with Gasteiger partial charge >= 0.3 is 0 Å². The van der Waals surface area contributed by atoms with Crippen LogP contribution in [-0.4, -0.2) is 20.1 Å². The lowest BCUT2D eigenvalue weighted by Gasteiger charge is -2.02. The highest BCUT2D eigenvalue weighted by atomic mass is 32.1. The van der Waals surface area contributed by atoms with Gasteiger partial charge in [-0.05, 0) is 6.92 Å². The molecule has 0 aliphatic heterocycles. The molecule has 0 spiro atoms. The summed E-state index contributed by atoms with van der Waals surface area (Å²) in [6.07, 6.45) is 3.10. The molecular formula is C10H11N5OS. The monoisotopic (exact) mass is 249 g/mol. The van der Waals surface area contributed by atoms with E-state index in [0.717, 1.165) is 11.5 Å². The van der Waals surface area contributed by atoms with Crippen molar-refractivity contribution in [3.8, 4) is 0 Å². The molecule has 6 nitrogen and oxygen atoms in total. The smallest absolute Gasteiger partial charge is 0.144 e. The Morgan fingerprint density at radius 3 is 2.82 bits per heavy atom. The molecule has 0 bridgehead atoms. The van der Waals surface area contributed by atoms with E-state index in [1.807, 2.05) is 13.0 Å². The van der Waals surface area contributed by atoms with Crippen molar-refractivity contribution in [3.63, 3.8) is 0 Å². The molecule has 2 aromatic heterocycles. The zero-order valence-corrected chi connectivity index (χ0v) is 9.99. The van der Waals surface area contributed by atoms with E-state index < -0.39 is 0 Å².